The van der Waals surface area contributed by atoms with E-state index in [1.165, 1.54) is 18.7 Å². The van der Waals surface area contributed by atoms with E-state index >= 15 is 0 Å². The van der Waals surface area contributed by atoms with Gasteiger partial charge in [-0.1, -0.05) is 6.07 Å². The first kappa shape index (κ1) is 30.8. The number of rotatable bonds is 7. The summed E-state index contributed by atoms with van der Waals surface area (Å²) >= 11 is 1.24. The average molecular weight is 572 g/mol. The number of nitrogens with zero attached hydrogens (tertiary/aromatic N) is 1. The second kappa shape index (κ2) is 12.2. The number of hydrogen-bond donors (Lipinski definition) is 3. The van der Waals surface area contributed by atoms with Crippen molar-refractivity contribution < 1.29 is 43.3 Å². The van der Waals surface area contributed by atoms with Crippen LogP contribution in [-0.2, 0) is 35.1 Å². The Labute approximate surface area is 251 Å². The fourth-order valence-electron chi connectivity index (χ4n) is 4.33. The first-order valence-electron chi connectivity index (χ1n) is 11.9. The number of thioether (sulfide) groups is 1. The van der Waals surface area contributed by atoms with Crippen LogP contribution in [0.3, 0.4) is 0 Å². The van der Waals surface area contributed by atoms with Crippen LogP contribution in [0.5, 0.6) is 5.75 Å². The van der Waals surface area contributed by atoms with Crippen molar-refractivity contribution in [3.05, 3.63) is 40.6 Å². The first-order chi connectivity index (χ1) is 17.9. The molecule has 12 nitrogen and oxygen atoms in total. The summed E-state index contributed by atoms with van der Waals surface area (Å²) in [5, 5.41) is 14.3. The number of aliphatic carboxylic acids is 1. The minimum atomic E-state index is -1.33. The van der Waals surface area contributed by atoms with Gasteiger partial charge in [-0.15, -0.1) is 11.8 Å². The number of benzene rings is 1. The zero-order valence-electron chi connectivity index (χ0n) is 21.4. The van der Waals surface area contributed by atoms with Gasteiger partial charge in [0.05, 0.1) is 6.61 Å². The molecule has 0 aromatic heterocycles. The third-order valence-electron chi connectivity index (χ3n) is 5.97. The van der Waals surface area contributed by atoms with Crippen molar-refractivity contribution in [1.29, 1.82) is 0 Å². The Morgan fingerprint density at radius 2 is 1.97 bits per heavy atom. The van der Waals surface area contributed by atoms with Gasteiger partial charge in [-0.3, -0.25) is 19.3 Å². The van der Waals surface area contributed by atoms with Gasteiger partial charge in [-0.25, -0.2) is 9.59 Å². The summed E-state index contributed by atoms with van der Waals surface area (Å²) in [6.07, 6.45) is -0.159. The molecule has 1 aromatic rings. The van der Waals surface area contributed by atoms with Crippen molar-refractivity contribution in [2.75, 3.05) is 19.0 Å². The number of amides is 3. The van der Waals surface area contributed by atoms with Crippen molar-refractivity contribution in [3.8, 4) is 5.75 Å². The molecule has 0 saturated carbocycles. The topological polar surface area (TPSA) is 161 Å². The molecule has 3 aliphatic heterocycles. The van der Waals surface area contributed by atoms with E-state index < -0.39 is 52.9 Å². The molecule has 1 fully saturated rings. The summed E-state index contributed by atoms with van der Waals surface area (Å²) in [5.74, 6) is -2.28. The number of carboxylic acid groups (broad SMARTS) is 1. The van der Waals surface area contributed by atoms with Crippen molar-refractivity contribution in [2.45, 2.75) is 57.2 Å². The molecule has 3 amide bonds. The molecule has 3 unspecified atom stereocenters. The summed E-state index contributed by atoms with van der Waals surface area (Å²) in [6.45, 7) is 6.55. The van der Waals surface area contributed by atoms with Gasteiger partial charge in [0.25, 0.3) is 5.91 Å². The van der Waals surface area contributed by atoms with E-state index in [1.54, 1.807) is 39.0 Å². The second-order valence-corrected chi connectivity index (χ2v) is 11.1. The van der Waals surface area contributed by atoms with E-state index in [4.69, 9.17) is 14.2 Å². The molecule has 0 radical (unpaired) electrons. The number of esters is 1. The van der Waals surface area contributed by atoms with Gasteiger partial charge in [0.15, 0.2) is 0 Å². The van der Waals surface area contributed by atoms with Crippen LogP contribution >= 0.6 is 11.8 Å². The molecule has 4 rings (SSSR count). The van der Waals surface area contributed by atoms with Gasteiger partial charge >= 0.3 is 47.6 Å². The zero-order chi connectivity index (χ0) is 27.8. The minimum absolute atomic E-state index is 0. The Bertz CT molecular complexity index is 1230. The summed E-state index contributed by atoms with van der Waals surface area (Å²) in [4.78, 5) is 63.2. The van der Waals surface area contributed by atoms with E-state index in [-0.39, 0.29) is 53.2 Å². The number of carbonyl (C=O) groups is 5. The fourth-order valence-corrected chi connectivity index (χ4v) is 5.66. The Morgan fingerprint density at radius 3 is 2.62 bits per heavy atom. The third kappa shape index (κ3) is 6.89. The second-order valence-electron chi connectivity index (χ2n) is 9.98. The van der Waals surface area contributed by atoms with Crippen LogP contribution in [-0.4, -0.2) is 105 Å². The molecule has 14 heteroatoms. The Morgan fingerprint density at radius 1 is 1.26 bits per heavy atom. The van der Waals surface area contributed by atoms with Crippen LogP contribution < -0.4 is 15.4 Å². The molecule has 0 bridgehead atoms. The number of alkyl carbamates (subject to hydrolysis) is 1. The van der Waals surface area contributed by atoms with Gasteiger partial charge in [0.1, 0.15) is 41.1 Å². The van der Waals surface area contributed by atoms with Crippen LogP contribution in [0.15, 0.2) is 29.5 Å². The number of β-lactam (4-membered cyclic amide) rings is 1. The van der Waals surface area contributed by atoms with Crippen LogP contribution in [0.1, 0.15) is 44.9 Å². The fraction of sp³-hybridized carbons (Fsp3) is 0.480. The average Bonchev–Trinajstić information content (AvgIpc) is 3.30. The maximum absolute atomic E-state index is 13.4. The molecule has 0 aliphatic carbocycles. The molecule has 0 spiro atoms. The monoisotopic (exact) mass is 571 g/mol. The van der Waals surface area contributed by atoms with Gasteiger partial charge in [-0.2, -0.15) is 0 Å². The van der Waals surface area contributed by atoms with E-state index in [1.807, 2.05) is 0 Å². The van der Waals surface area contributed by atoms with Crippen molar-refractivity contribution in [1.82, 2.24) is 15.5 Å². The van der Waals surface area contributed by atoms with E-state index in [9.17, 15) is 29.1 Å². The predicted molar refractivity (Wildman–Crippen MR) is 141 cm³/mol. The quantitative estimate of drug-likeness (QED) is 0.243. The Balaban J connectivity index is 0.00000420. The summed E-state index contributed by atoms with van der Waals surface area (Å²) in [5.41, 5.74) is 0.594. The van der Waals surface area contributed by atoms with Gasteiger partial charge in [0.2, 0.25) is 5.91 Å². The number of carboxylic acids is 1. The summed E-state index contributed by atoms with van der Waals surface area (Å²) < 4.78 is 15.8. The molecular formula is C25H30N3NaO9S. The Kier molecular flexibility index (Phi) is 9.63. The molecule has 3 atom stereocenters. The standard InChI is InChI=1S/C25H29N3O9S.Na.H/c1-12(29)36-10-15-11-38-22-18(21(31)28(22)19(15)23(32)33)26-20(30)17(27-24(34)37-25(2,3)4)14-5-6-16-13(9-14)7-8-35-16;;/h5-6,9,17-18,22H,7-8,10-11H2,1-4H3,(H,26,30)(H,27,34)(H,32,33);;. The molecule has 39 heavy (non-hydrogen) atoms. The van der Waals surface area contributed by atoms with Gasteiger partial charge in [0, 0.05) is 24.7 Å². The van der Waals surface area contributed by atoms with Crippen LogP contribution in [0, 0.1) is 0 Å². The normalized spacial score (nSPS) is 20.3. The molecular weight excluding hydrogens is 541 g/mol. The van der Waals surface area contributed by atoms with Crippen LogP contribution in [0.2, 0.25) is 0 Å². The molecule has 1 saturated heterocycles. The Hall–Kier alpha value is -2.74. The molecule has 3 aliphatic rings. The van der Waals surface area contributed by atoms with E-state index in [0.717, 1.165) is 10.5 Å². The van der Waals surface area contributed by atoms with Gasteiger partial charge < -0.3 is 30.0 Å². The number of fused-ring (bicyclic) bond motifs is 2. The van der Waals surface area contributed by atoms with E-state index in [2.05, 4.69) is 10.6 Å². The van der Waals surface area contributed by atoms with E-state index in [0.29, 0.717) is 24.3 Å². The number of nitrogens with one attached hydrogen (secondary N) is 2. The number of hydrogen-bond acceptors (Lipinski definition) is 9. The van der Waals surface area contributed by atoms with Crippen LogP contribution in [0.25, 0.3) is 0 Å². The van der Waals surface area contributed by atoms with Gasteiger partial charge in [-0.05, 0) is 44.0 Å². The summed E-state index contributed by atoms with van der Waals surface area (Å²) in [6, 6.07) is 2.94. The molecule has 3 heterocycles. The molecule has 206 valence electrons. The SMILES string of the molecule is CC(=O)OCC1=C(C(=O)O)N2C(=O)C(NC(=O)C(NC(=O)OC(C)(C)C)c3ccc4c(c3)CCO4)C2SC1.[NaH]. The van der Waals surface area contributed by atoms with Crippen LogP contribution in [0.4, 0.5) is 4.79 Å². The summed E-state index contributed by atoms with van der Waals surface area (Å²) in [7, 11) is 0. The van der Waals surface area contributed by atoms with Crippen molar-refractivity contribution in [2.24, 2.45) is 0 Å². The molecule has 1 aromatic carbocycles. The zero-order valence-corrected chi connectivity index (χ0v) is 22.2. The predicted octanol–water partition coefficient (Wildman–Crippen LogP) is 0.841. The molecule has 3 N–H and O–H groups in total. The maximum atomic E-state index is 13.4. The van der Waals surface area contributed by atoms with Crippen molar-refractivity contribution in [3.63, 3.8) is 0 Å². The first-order valence-corrected chi connectivity index (χ1v) is 13.0. The third-order valence-corrected chi connectivity index (χ3v) is 7.31. The van der Waals surface area contributed by atoms with Crippen molar-refractivity contribution >= 4 is 71.2 Å². The number of ether oxygens (including phenoxy) is 3. The number of carbonyl (C=O) groups excluding carboxylic acids is 4.